The maximum atomic E-state index is 11.1. The standard InChI is InChI=1S/C17H22ClNO/c1-16(20,14-7-9-15(18)10-8-14)17(13-19)11-5-3-2-4-6-12-17/h7-10,20H,2-6,11-12H2,1H3. The van der Waals surface area contributed by atoms with Crippen molar-refractivity contribution in [1.82, 2.24) is 0 Å². The maximum absolute atomic E-state index is 11.1. The predicted molar refractivity (Wildman–Crippen MR) is 81.4 cm³/mol. The van der Waals surface area contributed by atoms with Crippen LogP contribution >= 0.6 is 11.6 Å². The summed E-state index contributed by atoms with van der Waals surface area (Å²) in [5.41, 5.74) is -1.05. The Labute approximate surface area is 126 Å². The van der Waals surface area contributed by atoms with E-state index < -0.39 is 11.0 Å². The lowest BCUT2D eigenvalue weighted by atomic mass is 9.64. The topological polar surface area (TPSA) is 44.0 Å². The smallest absolute Gasteiger partial charge is 0.105 e. The van der Waals surface area contributed by atoms with E-state index >= 15 is 0 Å². The van der Waals surface area contributed by atoms with Crippen LogP contribution in [0.15, 0.2) is 24.3 Å². The Morgan fingerprint density at radius 1 is 1.10 bits per heavy atom. The van der Waals surface area contributed by atoms with Crippen molar-refractivity contribution < 1.29 is 5.11 Å². The Morgan fingerprint density at radius 3 is 2.10 bits per heavy atom. The van der Waals surface area contributed by atoms with Gasteiger partial charge in [0.1, 0.15) is 5.60 Å². The van der Waals surface area contributed by atoms with Gasteiger partial charge in [0.2, 0.25) is 0 Å². The Morgan fingerprint density at radius 2 is 1.60 bits per heavy atom. The number of nitriles is 1. The van der Waals surface area contributed by atoms with Gasteiger partial charge in [-0.25, -0.2) is 0 Å². The lowest BCUT2D eigenvalue weighted by molar-refractivity contribution is -0.0582. The molecule has 0 aromatic heterocycles. The molecule has 0 radical (unpaired) electrons. The molecular weight excluding hydrogens is 270 g/mol. The molecule has 0 aliphatic heterocycles. The zero-order valence-corrected chi connectivity index (χ0v) is 12.8. The van der Waals surface area contributed by atoms with Crippen molar-refractivity contribution in [3.63, 3.8) is 0 Å². The Hall–Kier alpha value is -1.04. The fraction of sp³-hybridized carbons (Fsp3) is 0.588. The van der Waals surface area contributed by atoms with Gasteiger partial charge in [-0.2, -0.15) is 5.26 Å². The second kappa shape index (κ2) is 6.16. The van der Waals surface area contributed by atoms with Gasteiger partial charge < -0.3 is 5.11 Å². The first-order valence-electron chi connectivity index (χ1n) is 7.41. The highest BCUT2D eigenvalue weighted by Gasteiger charge is 2.48. The predicted octanol–water partition coefficient (Wildman–Crippen LogP) is 4.80. The third-order valence-corrected chi connectivity index (χ3v) is 5.01. The zero-order chi connectivity index (χ0) is 14.6. The summed E-state index contributed by atoms with van der Waals surface area (Å²) < 4.78 is 0. The van der Waals surface area contributed by atoms with Crippen LogP contribution in [-0.4, -0.2) is 5.11 Å². The van der Waals surface area contributed by atoms with Gasteiger partial charge >= 0.3 is 0 Å². The molecule has 1 unspecified atom stereocenters. The second-order valence-electron chi connectivity index (χ2n) is 6.04. The minimum absolute atomic E-state index is 0.647. The van der Waals surface area contributed by atoms with Crippen LogP contribution in [0.4, 0.5) is 0 Å². The number of nitrogens with zero attached hydrogens (tertiary/aromatic N) is 1. The minimum Gasteiger partial charge on any atom is -0.384 e. The van der Waals surface area contributed by atoms with Crippen LogP contribution in [-0.2, 0) is 5.60 Å². The van der Waals surface area contributed by atoms with Crippen molar-refractivity contribution in [2.75, 3.05) is 0 Å². The van der Waals surface area contributed by atoms with E-state index in [1.165, 1.54) is 6.42 Å². The van der Waals surface area contributed by atoms with Crippen molar-refractivity contribution in [3.05, 3.63) is 34.9 Å². The molecule has 2 nitrogen and oxygen atoms in total. The van der Waals surface area contributed by atoms with Crippen molar-refractivity contribution in [3.8, 4) is 6.07 Å². The van der Waals surface area contributed by atoms with Gasteiger partial charge in [0.15, 0.2) is 0 Å². The molecule has 20 heavy (non-hydrogen) atoms. The number of aliphatic hydroxyl groups is 1. The van der Waals surface area contributed by atoms with Gasteiger partial charge in [-0.15, -0.1) is 0 Å². The zero-order valence-electron chi connectivity index (χ0n) is 12.0. The molecule has 1 aromatic rings. The summed E-state index contributed by atoms with van der Waals surface area (Å²) in [6.45, 7) is 1.78. The number of rotatable bonds is 2. The van der Waals surface area contributed by atoms with Gasteiger partial charge in [0.25, 0.3) is 0 Å². The highest BCUT2D eigenvalue weighted by Crippen LogP contribution is 2.48. The van der Waals surface area contributed by atoms with Crippen LogP contribution in [0.25, 0.3) is 0 Å². The number of benzene rings is 1. The molecule has 1 atom stereocenters. The Balaban J connectivity index is 2.36. The van der Waals surface area contributed by atoms with Crippen LogP contribution < -0.4 is 0 Å². The van der Waals surface area contributed by atoms with Crippen LogP contribution in [0.5, 0.6) is 0 Å². The minimum atomic E-state index is -1.14. The van der Waals surface area contributed by atoms with E-state index in [2.05, 4.69) is 6.07 Å². The molecule has 0 spiro atoms. The monoisotopic (exact) mass is 291 g/mol. The average Bonchev–Trinajstić information content (AvgIpc) is 2.39. The summed E-state index contributed by atoms with van der Waals surface area (Å²) in [4.78, 5) is 0. The van der Waals surface area contributed by atoms with E-state index in [4.69, 9.17) is 11.6 Å². The average molecular weight is 292 g/mol. The Kier molecular flexibility index (Phi) is 4.73. The van der Waals surface area contributed by atoms with Crippen LogP contribution in [0.2, 0.25) is 5.02 Å². The molecule has 0 saturated heterocycles. The number of halogens is 1. The highest BCUT2D eigenvalue weighted by atomic mass is 35.5. The summed E-state index contributed by atoms with van der Waals surface area (Å²) in [5, 5.41) is 21.5. The molecule has 2 rings (SSSR count). The van der Waals surface area contributed by atoms with Crippen molar-refractivity contribution in [1.29, 1.82) is 5.26 Å². The first-order valence-corrected chi connectivity index (χ1v) is 7.79. The molecular formula is C17H22ClNO. The molecule has 1 saturated carbocycles. The van der Waals surface area contributed by atoms with Gasteiger partial charge in [-0.3, -0.25) is 0 Å². The third kappa shape index (κ3) is 2.85. The van der Waals surface area contributed by atoms with E-state index in [1.54, 1.807) is 19.1 Å². The molecule has 1 fully saturated rings. The Bertz CT molecular complexity index is 479. The molecule has 108 valence electrons. The van der Waals surface area contributed by atoms with E-state index in [0.717, 1.165) is 44.1 Å². The summed E-state index contributed by atoms with van der Waals surface area (Å²) in [6.07, 6.45) is 7.09. The van der Waals surface area contributed by atoms with Gasteiger partial charge in [-0.1, -0.05) is 55.8 Å². The molecule has 0 bridgehead atoms. The van der Waals surface area contributed by atoms with Crippen molar-refractivity contribution in [2.45, 2.75) is 57.5 Å². The van der Waals surface area contributed by atoms with Gasteiger partial charge in [-0.05, 0) is 37.5 Å². The first-order chi connectivity index (χ1) is 9.52. The fourth-order valence-electron chi connectivity index (χ4n) is 3.27. The van der Waals surface area contributed by atoms with Crippen LogP contribution in [0, 0.1) is 16.7 Å². The van der Waals surface area contributed by atoms with E-state index in [1.807, 2.05) is 12.1 Å². The SMILES string of the molecule is CC(O)(c1ccc(Cl)cc1)C1(C#N)CCCCCCC1. The largest absolute Gasteiger partial charge is 0.384 e. The molecule has 3 heteroatoms. The molecule has 1 aromatic carbocycles. The number of hydrogen-bond acceptors (Lipinski definition) is 2. The maximum Gasteiger partial charge on any atom is 0.105 e. The van der Waals surface area contributed by atoms with E-state index in [9.17, 15) is 10.4 Å². The first kappa shape index (κ1) is 15.4. The molecule has 0 heterocycles. The van der Waals surface area contributed by atoms with Crippen molar-refractivity contribution >= 4 is 11.6 Å². The molecule has 0 amide bonds. The second-order valence-corrected chi connectivity index (χ2v) is 6.48. The van der Waals surface area contributed by atoms with Crippen LogP contribution in [0.3, 0.4) is 0 Å². The normalized spacial score (nSPS) is 22.1. The summed E-state index contributed by atoms with van der Waals surface area (Å²) in [7, 11) is 0. The highest BCUT2D eigenvalue weighted by molar-refractivity contribution is 6.30. The van der Waals surface area contributed by atoms with E-state index in [-0.39, 0.29) is 0 Å². The van der Waals surface area contributed by atoms with Gasteiger partial charge in [0, 0.05) is 5.02 Å². The van der Waals surface area contributed by atoms with Gasteiger partial charge in [0.05, 0.1) is 11.5 Å². The summed E-state index contributed by atoms with van der Waals surface area (Å²) in [5.74, 6) is 0. The van der Waals surface area contributed by atoms with Crippen LogP contribution in [0.1, 0.15) is 57.4 Å². The molecule has 1 aliphatic rings. The lowest BCUT2D eigenvalue weighted by Crippen LogP contribution is -2.43. The summed E-state index contributed by atoms with van der Waals surface area (Å²) in [6, 6.07) is 9.68. The molecule has 1 aliphatic carbocycles. The van der Waals surface area contributed by atoms with Crippen molar-refractivity contribution in [2.24, 2.45) is 5.41 Å². The molecule has 1 N–H and O–H groups in total. The summed E-state index contributed by atoms with van der Waals surface area (Å²) >= 11 is 5.92. The fourth-order valence-corrected chi connectivity index (χ4v) is 3.39. The quantitative estimate of drug-likeness (QED) is 0.850. The third-order valence-electron chi connectivity index (χ3n) is 4.76. The lowest BCUT2D eigenvalue weighted by Gasteiger charge is -2.42. The number of hydrogen-bond donors (Lipinski definition) is 1. The van der Waals surface area contributed by atoms with E-state index in [0.29, 0.717) is 5.02 Å².